The van der Waals surface area contributed by atoms with E-state index in [1.165, 1.54) is 28.8 Å². The first-order valence-corrected chi connectivity index (χ1v) is 10.2. The van der Waals surface area contributed by atoms with Crippen molar-refractivity contribution in [3.63, 3.8) is 0 Å². The average Bonchev–Trinajstić information content (AvgIpc) is 2.79. The largest absolute Gasteiger partial charge is 0.351 e. The van der Waals surface area contributed by atoms with E-state index in [9.17, 15) is 17.6 Å². The van der Waals surface area contributed by atoms with Gasteiger partial charge in [0.05, 0.1) is 6.26 Å². The van der Waals surface area contributed by atoms with Gasteiger partial charge in [-0.25, -0.2) is 12.8 Å². The first-order valence-electron chi connectivity index (χ1n) is 8.38. The number of halogens is 1. The SMILES string of the molecule is CS(=O)(=O)N(CCNC(=O)c1cccc(F)c1)C1CCCCCC1. The summed E-state index contributed by atoms with van der Waals surface area (Å²) in [7, 11) is -3.33. The second-order valence-electron chi connectivity index (χ2n) is 6.29. The van der Waals surface area contributed by atoms with Crippen LogP contribution in [0.1, 0.15) is 48.9 Å². The molecule has 7 heteroatoms. The van der Waals surface area contributed by atoms with Crippen molar-refractivity contribution in [1.29, 1.82) is 0 Å². The number of nitrogens with one attached hydrogen (secondary N) is 1. The highest BCUT2D eigenvalue weighted by atomic mass is 32.2. The van der Waals surface area contributed by atoms with Crippen LogP contribution in [0.3, 0.4) is 0 Å². The minimum Gasteiger partial charge on any atom is -0.351 e. The molecule has 1 aliphatic carbocycles. The van der Waals surface area contributed by atoms with Gasteiger partial charge in [-0.2, -0.15) is 4.31 Å². The van der Waals surface area contributed by atoms with E-state index in [1.807, 2.05) is 0 Å². The maximum atomic E-state index is 13.1. The predicted molar refractivity (Wildman–Crippen MR) is 91.8 cm³/mol. The number of hydrogen-bond acceptors (Lipinski definition) is 3. The zero-order valence-electron chi connectivity index (χ0n) is 14.0. The number of sulfonamides is 1. The van der Waals surface area contributed by atoms with Crippen molar-refractivity contribution >= 4 is 15.9 Å². The highest BCUT2D eigenvalue weighted by Crippen LogP contribution is 2.23. The van der Waals surface area contributed by atoms with E-state index in [2.05, 4.69) is 5.32 Å². The van der Waals surface area contributed by atoms with Crippen molar-refractivity contribution in [2.24, 2.45) is 0 Å². The lowest BCUT2D eigenvalue weighted by Crippen LogP contribution is -2.44. The first kappa shape index (κ1) is 18.9. The molecule has 0 aromatic heterocycles. The molecule has 1 saturated carbocycles. The Kier molecular flexibility index (Phi) is 6.74. The summed E-state index contributed by atoms with van der Waals surface area (Å²) in [5, 5.41) is 2.67. The van der Waals surface area contributed by atoms with Crippen LogP contribution >= 0.6 is 0 Å². The summed E-state index contributed by atoms with van der Waals surface area (Å²) in [6, 6.07) is 5.44. The van der Waals surface area contributed by atoms with Gasteiger partial charge in [0, 0.05) is 24.7 Å². The zero-order chi connectivity index (χ0) is 17.6. The smallest absolute Gasteiger partial charge is 0.251 e. The average molecular weight is 356 g/mol. The van der Waals surface area contributed by atoms with Crippen LogP contribution in [0.5, 0.6) is 0 Å². The topological polar surface area (TPSA) is 66.5 Å². The fourth-order valence-corrected chi connectivity index (χ4v) is 4.35. The molecule has 0 radical (unpaired) electrons. The van der Waals surface area contributed by atoms with Gasteiger partial charge < -0.3 is 5.32 Å². The lowest BCUT2D eigenvalue weighted by molar-refractivity contribution is 0.0949. The van der Waals surface area contributed by atoms with Gasteiger partial charge in [0.15, 0.2) is 0 Å². The Hall–Kier alpha value is -1.47. The van der Waals surface area contributed by atoms with Gasteiger partial charge in [0.2, 0.25) is 10.0 Å². The minimum atomic E-state index is -3.33. The third-order valence-electron chi connectivity index (χ3n) is 4.36. The maximum absolute atomic E-state index is 13.1. The van der Waals surface area contributed by atoms with Gasteiger partial charge in [-0.15, -0.1) is 0 Å². The van der Waals surface area contributed by atoms with Gasteiger partial charge in [0.1, 0.15) is 5.82 Å². The Morgan fingerprint density at radius 3 is 2.50 bits per heavy atom. The minimum absolute atomic E-state index is 0.00794. The van der Waals surface area contributed by atoms with Crippen LogP contribution in [0, 0.1) is 5.82 Å². The fourth-order valence-electron chi connectivity index (χ4n) is 3.18. The van der Waals surface area contributed by atoms with Crippen LogP contribution in [0.2, 0.25) is 0 Å². The fraction of sp³-hybridized carbons (Fsp3) is 0.588. The molecule has 1 amide bonds. The molecule has 1 aromatic carbocycles. The summed E-state index contributed by atoms with van der Waals surface area (Å²) in [4.78, 5) is 12.0. The molecule has 1 aliphatic rings. The number of benzene rings is 1. The second-order valence-corrected chi connectivity index (χ2v) is 8.22. The van der Waals surface area contributed by atoms with E-state index >= 15 is 0 Å². The van der Waals surface area contributed by atoms with Crippen molar-refractivity contribution in [3.05, 3.63) is 35.6 Å². The van der Waals surface area contributed by atoms with Crippen molar-refractivity contribution in [1.82, 2.24) is 9.62 Å². The maximum Gasteiger partial charge on any atom is 0.251 e. The van der Waals surface area contributed by atoms with Crippen LogP contribution in [-0.2, 0) is 10.0 Å². The molecular formula is C17H25FN2O3S. The van der Waals surface area contributed by atoms with Gasteiger partial charge in [-0.3, -0.25) is 4.79 Å². The van der Waals surface area contributed by atoms with Gasteiger partial charge in [-0.1, -0.05) is 31.7 Å². The summed E-state index contributed by atoms with van der Waals surface area (Å²) >= 11 is 0. The summed E-state index contributed by atoms with van der Waals surface area (Å²) in [5.41, 5.74) is 0.232. The zero-order valence-corrected chi connectivity index (χ0v) is 14.8. The lowest BCUT2D eigenvalue weighted by Gasteiger charge is -2.29. The first-order chi connectivity index (χ1) is 11.4. The highest BCUT2D eigenvalue weighted by Gasteiger charge is 2.27. The normalized spacial score (nSPS) is 16.8. The highest BCUT2D eigenvalue weighted by molar-refractivity contribution is 7.88. The van der Waals surface area contributed by atoms with E-state index in [1.54, 1.807) is 0 Å². The summed E-state index contributed by atoms with van der Waals surface area (Å²) < 4.78 is 38.8. The van der Waals surface area contributed by atoms with Crippen molar-refractivity contribution in [2.75, 3.05) is 19.3 Å². The number of amides is 1. The number of hydrogen-bond donors (Lipinski definition) is 1. The van der Waals surface area contributed by atoms with Gasteiger partial charge in [-0.05, 0) is 31.0 Å². The van der Waals surface area contributed by atoms with Crippen molar-refractivity contribution in [2.45, 2.75) is 44.6 Å². The van der Waals surface area contributed by atoms with Gasteiger partial charge in [0.25, 0.3) is 5.91 Å². The molecule has 0 spiro atoms. The number of carbonyl (C=O) groups is 1. The molecule has 0 heterocycles. The number of carbonyl (C=O) groups excluding carboxylic acids is 1. The van der Waals surface area contributed by atoms with Crippen LogP contribution in [-0.4, -0.2) is 44.0 Å². The van der Waals surface area contributed by atoms with E-state index < -0.39 is 21.7 Å². The lowest BCUT2D eigenvalue weighted by atomic mass is 10.1. The Labute approximate surface area is 143 Å². The van der Waals surface area contributed by atoms with Crippen LogP contribution in [0.4, 0.5) is 4.39 Å². The Morgan fingerprint density at radius 1 is 1.25 bits per heavy atom. The van der Waals surface area contributed by atoms with Crippen molar-refractivity contribution in [3.8, 4) is 0 Å². The number of rotatable bonds is 6. The van der Waals surface area contributed by atoms with Gasteiger partial charge >= 0.3 is 0 Å². The Morgan fingerprint density at radius 2 is 1.92 bits per heavy atom. The number of nitrogens with zero attached hydrogens (tertiary/aromatic N) is 1. The van der Waals surface area contributed by atoms with Crippen LogP contribution in [0.15, 0.2) is 24.3 Å². The van der Waals surface area contributed by atoms with Crippen LogP contribution in [0.25, 0.3) is 0 Å². The quantitative estimate of drug-likeness (QED) is 0.797. The molecule has 1 fully saturated rings. The summed E-state index contributed by atoms with van der Waals surface area (Å²) in [5.74, 6) is -0.873. The molecule has 0 aliphatic heterocycles. The molecular weight excluding hydrogens is 331 g/mol. The molecule has 1 N–H and O–H groups in total. The standard InChI is InChI=1S/C17H25FN2O3S/c1-24(22,23)20(16-9-4-2-3-5-10-16)12-11-19-17(21)14-7-6-8-15(18)13-14/h6-8,13,16H,2-5,9-12H2,1H3,(H,19,21). The van der Waals surface area contributed by atoms with E-state index in [0.717, 1.165) is 44.6 Å². The molecule has 0 unspecified atom stereocenters. The molecule has 0 bridgehead atoms. The molecule has 0 atom stereocenters. The Bertz CT molecular complexity index is 656. The predicted octanol–water partition coefficient (Wildman–Crippen LogP) is 2.54. The molecule has 134 valence electrons. The molecule has 24 heavy (non-hydrogen) atoms. The Balaban J connectivity index is 1.94. The summed E-state index contributed by atoms with van der Waals surface area (Å²) in [6.07, 6.45) is 7.30. The molecule has 2 rings (SSSR count). The van der Waals surface area contributed by atoms with E-state index in [4.69, 9.17) is 0 Å². The molecule has 5 nitrogen and oxygen atoms in total. The van der Waals surface area contributed by atoms with Crippen LogP contribution < -0.4 is 5.32 Å². The molecule has 0 saturated heterocycles. The summed E-state index contributed by atoms with van der Waals surface area (Å²) in [6.45, 7) is 0.448. The monoisotopic (exact) mass is 356 g/mol. The second kappa shape index (κ2) is 8.58. The third kappa shape index (κ3) is 5.56. The third-order valence-corrected chi connectivity index (χ3v) is 5.70. The van der Waals surface area contributed by atoms with E-state index in [0.29, 0.717) is 0 Å². The van der Waals surface area contributed by atoms with E-state index in [-0.39, 0.29) is 24.7 Å². The van der Waals surface area contributed by atoms with Crippen molar-refractivity contribution < 1.29 is 17.6 Å². The molecule has 1 aromatic rings.